The minimum atomic E-state index is -0.838. The zero-order valence-corrected chi connectivity index (χ0v) is 15.2. The van der Waals surface area contributed by atoms with Crippen LogP contribution in [-0.4, -0.2) is 61.5 Å². The van der Waals surface area contributed by atoms with Crippen LogP contribution in [0.1, 0.15) is 24.8 Å². The van der Waals surface area contributed by atoms with E-state index in [-0.39, 0.29) is 24.4 Å². The molecular weight excluding hydrogens is 342 g/mol. The van der Waals surface area contributed by atoms with Crippen molar-refractivity contribution in [2.75, 3.05) is 33.7 Å². The fourth-order valence-electron chi connectivity index (χ4n) is 2.87. The second kappa shape index (κ2) is 9.47. The van der Waals surface area contributed by atoms with E-state index in [4.69, 9.17) is 0 Å². The fraction of sp³-hybridized carbons (Fsp3) is 0.556. The highest BCUT2D eigenvalue weighted by Crippen LogP contribution is 2.15. The Balaban J connectivity index is 1.67. The van der Waals surface area contributed by atoms with Crippen LogP contribution in [0.2, 0.25) is 0 Å². The summed E-state index contributed by atoms with van der Waals surface area (Å²) in [7, 11) is 3.35. The summed E-state index contributed by atoms with van der Waals surface area (Å²) in [6, 6.07) is 3.76. The first-order valence-electron chi connectivity index (χ1n) is 8.76. The zero-order chi connectivity index (χ0) is 19.1. The van der Waals surface area contributed by atoms with Gasteiger partial charge in [-0.15, -0.1) is 0 Å². The molecule has 1 fully saturated rings. The van der Waals surface area contributed by atoms with Crippen molar-refractivity contribution in [3.05, 3.63) is 35.4 Å². The van der Waals surface area contributed by atoms with Gasteiger partial charge in [-0.25, -0.2) is 13.6 Å². The number of urea groups is 1. The first-order chi connectivity index (χ1) is 12.3. The third-order valence-electron chi connectivity index (χ3n) is 4.44. The van der Waals surface area contributed by atoms with Crippen molar-refractivity contribution in [2.24, 2.45) is 0 Å². The Hall–Kier alpha value is -2.22. The molecule has 6 nitrogen and oxygen atoms in total. The molecule has 1 aliphatic heterocycles. The Morgan fingerprint density at radius 1 is 1.19 bits per heavy atom. The van der Waals surface area contributed by atoms with Gasteiger partial charge in [0.05, 0.1) is 0 Å². The summed E-state index contributed by atoms with van der Waals surface area (Å²) < 4.78 is 26.2. The van der Waals surface area contributed by atoms with Gasteiger partial charge in [-0.05, 0) is 30.5 Å². The molecule has 1 heterocycles. The number of hydrogen-bond donors (Lipinski definition) is 2. The van der Waals surface area contributed by atoms with Gasteiger partial charge in [0.1, 0.15) is 0 Å². The van der Waals surface area contributed by atoms with E-state index in [0.29, 0.717) is 13.1 Å². The molecule has 0 aliphatic carbocycles. The molecule has 8 heteroatoms. The van der Waals surface area contributed by atoms with Crippen LogP contribution in [0.25, 0.3) is 0 Å². The van der Waals surface area contributed by atoms with Gasteiger partial charge in [0, 0.05) is 52.7 Å². The quantitative estimate of drug-likeness (QED) is 0.803. The summed E-state index contributed by atoms with van der Waals surface area (Å²) in [5.41, 5.74) is 0.735. The molecular formula is C18H26F2N4O2. The number of rotatable bonds is 6. The van der Waals surface area contributed by atoms with Crippen molar-refractivity contribution in [1.82, 2.24) is 20.4 Å². The van der Waals surface area contributed by atoms with Crippen LogP contribution in [0.3, 0.4) is 0 Å². The second-order valence-corrected chi connectivity index (χ2v) is 6.74. The maximum atomic E-state index is 13.3. The number of amides is 3. The van der Waals surface area contributed by atoms with Crippen molar-refractivity contribution in [2.45, 2.75) is 31.8 Å². The predicted octanol–water partition coefficient (Wildman–Crippen LogP) is 1.71. The van der Waals surface area contributed by atoms with Gasteiger partial charge < -0.3 is 15.5 Å². The van der Waals surface area contributed by atoms with Gasteiger partial charge in [-0.1, -0.05) is 6.07 Å². The van der Waals surface area contributed by atoms with Gasteiger partial charge in [0.15, 0.2) is 11.6 Å². The molecule has 0 bridgehead atoms. The Kier molecular flexibility index (Phi) is 7.32. The summed E-state index contributed by atoms with van der Waals surface area (Å²) in [5.74, 6) is -1.70. The first-order valence-corrected chi connectivity index (χ1v) is 8.76. The zero-order valence-electron chi connectivity index (χ0n) is 15.2. The number of nitrogens with one attached hydrogen (secondary N) is 2. The number of carbonyl (C=O) groups excluding carboxylic acids is 2. The van der Waals surface area contributed by atoms with Gasteiger partial charge in [0.2, 0.25) is 5.91 Å². The third-order valence-corrected chi connectivity index (χ3v) is 4.44. The smallest absolute Gasteiger partial charge is 0.315 e. The van der Waals surface area contributed by atoms with Crippen LogP contribution in [0.15, 0.2) is 18.2 Å². The molecule has 1 aliphatic rings. The molecule has 0 radical (unpaired) electrons. The monoisotopic (exact) mass is 368 g/mol. The lowest BCUT2D eigenvalue weighted by Gasteiger charge is -2.32. The van der Waals surface area contributed by atoms with Gasteiger partial charge in [-0.2, -0.15) is 0 Å². The lowest BCUT2D eigenvalue weighted by Crippen LogP contribution is -2.48. The summed E-state index contributed by atoms with van der Waals surface area (Å²) >= 11 is 0. The average Bonchev–Trinajstić information content (AvgIpc) is 2.59. The molecule has 2 N–H and O–H groups in total. The van der Waals surface area contributed by atoms with Crippen molar-refractivity contribution < 1.29 is 18.4 Å². The molecule has 1 aromatic carbocycles. The molecule has 144 valence electrons. The van der Waals surface area contributed by atoms with Crippen molar-refractivity contribution >= 4 is 11.9 Å². The Bertz CT molecular complexity index is 632. The van der Waals surface area contributed by atoms with Gasteiger partial charge >= 0.3 is 6.03 Å². The van der Waals surface area contributed by atoms with E-state index in [1.165, 1.54) is 11.0 Å². The Labute approximate surface area is 152 Å². The summed E-state index contributed by atoms with van der Waals surface area (Å²) in [4.78, 5) is 27.0. The van der Waals surface area contributed by atoms with Crippen LogP contribution in [0.5, 0.6) is 0 Å². The second-order valence-electron chi connectivity index (χ2n) is 6.74. The molecule has 0 unspecified atom stereocenters. The Morgan fingerprint density at radius 2 is 1.88 bits per heavy atom. The highest BCUT2D eigenvalue weighted by Gasteiger charge is 2.21. The van der Waals surface area contributed by atoms with Crippen molar-refractivity contribution in [1.29, 1.82) is 0 Å². The SMILES string of the molecule is CN(C)C(=O)CCNC(=O)NC1CCN(Cc2ccc(F)c(F)c2)CC1. The molecule has 0 aromatic heterocycles. The number of carbonyl (C=O) groups is 2. The number of hydrogen-bond acceptors (Lipinski definition) is 3. The van der Waals surface area contributed by atoms with Crippen LogP contribution >= 0.6 is 0 Å². The van der Waals surface area contributed by atoms with Gasteiger partial charge in [0.25, 0.3) is 0 Å². The minimum Gasteiger partial charge on any atom is -0.349 e. The van der Waals surface area contributed by atoms with E-state index in [1.54, 1.807) is 20.2 Å². The Morgan fingerprint density at radius 3 is 2.50 bits per heavy atom. The van der Waals surface area contributed by atoms with E-state index < -0.39 is 11.6 Å². The highest BCUT2D eigenvalue weighted by atomic mass is 19.2. The maximum absolute atomic E-state index is 13.3. The first kappa shape index (κ1) is 20.1. The van der Waals surface area contributed by atoms with Crippen molar-refractivity contribution in [3.63, 3.8) is 0 Å². The van der Waals surface area contributed by atoms with Crippen LogP contribution in [0.4, 0.5) is 13.6 Å². The normalized spacial score (nSPS) is 15.5. The summed E-state index contributed by atoms with van der Waals surface area (Å²) in [5, 5.41) is 5.60. The summed E-state index contributed by atoms with van der Waals surface area (Å²) in [6.45, 7) is 2.40. The van der Waals surface area contributed by atoms with E-state index in [9.17, 15) is 18.4 Å². The highest BCUT2D eigenvalue weighted by molar-refractivity contribution is 5.78. The van der Waals surface area contributed by atoms with E-state index >= 15 is 0 Å². The standard InChI is InChI=1S/C18H26F2N4O2/c1-23(2)17(25)5-8-21-18(26)22-14-6-9-24(10-7-14)12-13-3-4-15(19)16(20)11-13/h3-4,11,14H,5-10,12H2,1-2H3,(H2,21,22,26). The third kappa shape index (κ3) is 6.25. The number of likely N-dealkylation sites (tertiary alicyclic amines) is 1. The average molecular weight is 368 g/mol. The predicted molar refractivity (Wildman–Crippen MR) is 94.5 cm³/mol. The molecule has 0 atom stereocenters. The van der Waals surface area contributed by atoms with E-state index in [2.05, 4.69) is 15.5 Å². The molecule has 0 saturated carbocycles. The fourth-order valence-corrected chi connectivity index (χ4v) is 2.87. The van der Waals surface area contributed by atoms with Gasteiger partial charge in [-0.3, -0.25) is 9.69 Å². The minimum absolute atomic E-state index is 0.0316. The summed E-state index contributed by atoms with van der Waals surface area (Å²) in [6.07, 6.45) is 1.84. The molecule has 3 amide bonds. The maximum Gasteiger partial charge on any atom is 0.315 e. The van der Waals surface area contributed by atoms with Crippen LogP contribution < -0.4 is 10.6 Å². The number of nitrogens with zero attached hydrogens (tertiary/aromatic N) is 2. The number of benzene rings is 1. The molecule has 26 heavy (non-hydrogen) atoms. The topological polar surface area (TPSA) is 64.7 Å². The molecule has 2 rings (SSSR count). The number of piperidine rings is 1. The molecule has 0 spiro atoms. The number of halogens is 2. The van der Waals surface area contributed by atoms with Crippen LogP contribution in [-0.2, 0) is 11.3 Å². The van der Waals surface area contributed by atoms with Crippen molar-refractivity contribution in [3.8, 4) is 0 Å². The largest absolute Gasteiger partial charge is 0.349 e. The molecule has 1 saturated heterocycles. The lowest BCUT2D eigenvalue weighted by molar-refractivity contribution is -0.128. The lowest BCUT2D eigenvalue weighted by atomic mass is 10.0. The van der Waals surface area contributed by atoms with E-state index in [1.807, 2.05) is 0 Å². The molecule has 1 aromatic rings. The van der Waals surface area contributed by atoms with E-state index in [0.717, 1.165) is 37.6 Å². The van der Waals surface area contributed by atoms with Crippen LogP contribution in [0, 0.1) is 11.6 Å².